The van der Waals surface area contributed by atoms with Crippen LogP contribution in [0.25, 0.3) is 0 Å². The number of nitrogens with zero attached hydrogens (tertiary/aromatic N) is 2. The summed E-state index contributed by atoms with van der Waals surface area (Å²) in [6, 6.07) is 1.65. The number of aromatic nitrogens is 2. The number of thioether (sulfide) groups is 1. The van der Waals surface area contributed by atoms with E-state index in [4.69, 9.17) is 9.26 Å². The van der Waals surface area contributed by atoms with E-state index in [2.05, 4.69) is 15.5 Å². The largest absolute Gasteiger partial charge is 0.466 e. The highest BCUT2D eigenvalue weighted by atomic mass is 32.2. The van der Waals surface area contributed by atoms with Gasteiger partial charge in [-0.1, -0.05) is 16.9 Å². The van der Waals surface area contributed by atoms with Crippen LogP contribution in [0.15, 0.2) is 20.3 Å². The zero-order valence-electron chi connectivity index (χ0n) is 13.0. The third-order valence-electron chi connectivity index (χ3n) is 2.69. The van der Waals surface area contributed by atoms with Crippen molar-refractivity contribution in [1.82, 2.24) is 10.1 Å². The van der Waals surface area contributed by atoms with Gasteiger partial charge in [-0.15, -0.1) is 11.3 Å². The van der Waals surface area contributed by atoms with Crippen molar-refractivity contribution in [1.29, 1.82) is 0 Å². The van der Waals surface area contributed by atoms with Crippen molar-refractivity contribution in [2.24, 2.45) is 0 Å². The number of thiazole rings is 1. The van der Waals surface area contributed by atoms with Crippen molar-refractivity contribution < 1.29 is 18.8 Å². The number of rotatable bonds is 7. The Kier molecular flexibility index (Phi) is 6.17. The highest BCUT2D eigenvalue weighted by Gasteiger charge is 2.18. The van der Waals surface area contributed by atoms with Crippen LogP contribution in [0.2, 0.25) is 0 Å². The molecule has 0 unspecified atom stereocenters. The summed E-state index contributed by atoms with van der Waals surface area (Å²) >= 11 is 2.72. The number of aryl methyl sites for hydroxylation is 1. The van der Waals surface area contributed by atoms with Crippen LogP contribution in [0.5, 0.6) is 0 Å². The summed E-state index contributed by atoms with van der Waals surface area (Å²) in [7, 11) is 0. The van der Waals surface area contributed by atoms with Crippen molar-refractivity contribution in [3.05, 3.63) is 22.9 Å². The Labute approximate surface area is 141 Å². The molecule has 0 radical (unpaired) electrons. The van der Waals surface area contributed by atoms with E-state index in [1.165, 1.54) is 23.1 Å². The molecule has 1 N–H and O–H groups in total. The minimum absolute atomic E-state index is 0.143. The lowest BCUT2D eigenvalue weighted by Gasteiger charge is -2.07. The van der Waals surface area contributed by atoms with Gasteiger partial charge in [0.25, 0.3) is 0 Å². The monoisotopic (exact) mass is 355 g/mol. The van der Waals surface area contributed by atoms with Gasteiger partial charge in [0.2, 0.25) is 5.91 Å². The molecule has 0 bridgehead atoms. The Balaban J connectivity index is 1.87. The Morgan fingerprint density at radius 3 is 2.96 bits per heavy atom. The van der Waals surface area contributed by atoms with Crippen LogP contribution in [-0.4, -0.2) is 33.9 Å². The molecule has 0 fully saturated rings. The van der Waals surface area contributed by atoms with Gasteiger partial charge in [-0.2, -0.15) is 0 Å². The van der Waals surface area contributed by atoms with Gasteiger partial charge in [0.1, 0.15) is 5.76 Å². The number of esters is 1. The van der Waals surface area contributed by atoms with Crippen LogP contribution in [0.3, 0.4) is 0 Å². The smallest absolute Gasteiger partial charge is 0.311 e. The van der Waals surface area contributed by atoms with Gasteiger partial charge in [-0.3, -0.25) is 9.59 Å². The summed E-state index contributed by atoms with van der Waals surface area (Å²) < 4.78 is 10.5. The van der Waals surface area contributed by atoms with E-state index in [9.17, 15) is 9.59 Å². The minimum atomic E-state index is -0.353. The van der Waals surface area contributed by atoms with Gasteiger partial charge in [0.05, 0.1) is 24.0 Å². The lowest BCUT2D eigenvalue weighted by atomic mass is 10.3. The standard InChI is InChI=1S/C14H17N3O4S2/c1-4-20-12(18)6-10-7-22-14(15-10)23-9(3)13(19)16-11-5-8(2)21-17-11/h5,7,9H,4,6H2,1-3H3,(H,16,17,19)/t9-/m1/s1. The average molecular weight is 355 g/mol. The van der Waals surface area contributed by atoms with Gasteiger partial charge < -0.3 is 14.6 Å². The van der Waals surface area contributed by atoms with Gasteiger partial charge >= 0.3 is 5.97 Å². The first-order valence-corrected chi connectivity index (χ1v) is 8.74. The van der Waals surface area contributed by atoms with Gasteiger partial charge in [0, 0.05) is 11.4 Å². The molecule has 2 aromatic rings. The first kappa shape index (κ1) is 17.5. The van der Waals surface area contributed by atoms with Crippen molar-refractivity contribution in [3.8, 4) is 0 Å². The molecule has 0 spiro atoms. The van der Waals surface area contributed by atoms with Crippen molar-refractivity contribution in [3.63, 3.8) is 0 Å². The van der Waals surface area contributed by atoms with E-state index in [-0.39, 0.29) is 23.5 Å². The molecule has 0 aromatic carbocycles. The van der Waals surface area contributed by atoms with E-state index in [1.807, 2.05) is 0 Å². The molecule has 0 saturated carbocycles. The highest BCUT2D eigenvalue weighted by molar-refractivity contribution is 8.02. The normalized spacial score (nSPS) is 12.0. The number of hydrogen-bond acceptors (Lipinski definition) is 8. The minimum Gasteiger partial charge on any atom is -0.466 e. The Bertz CT molecular complexity index is 683. The summed E-state index contributed by atoms with van der Waals surface area (Å²) in [4.78, 5) is 27.8. The zero-order chi connectivity index (χ0) is 16.8. The lowest BCUT2D eigenvalue weighted by molar-refractivity contribution is -0.142. The molecular formula is C14H17N3O4S2. The third-order valence-corrected chi connectivity index (χ3v) is 4.81. The number of carbonyl (C=O) groups is 2. The van der Waals surface area contributed by atoms with E-state index in [0.29, 0.717) is 23.9 Å². The molecule has 9 heteroatoms. The molecule has 2 heterocycles. The lowest BCUT2D eigenvalue weighted by Crippen LogP contribution is -2.22. The van der Waals surface area contributed by atoms with Crippen LogP contribution < -0.4 is 5.32 Å². The van der Waals surface area contributed by atoms with Crippen LogP contribution in [0.1, 0.15) is 25.3 Å². The molecule has 0 aliphatic rings. The second-order valence-corrected chi connectivity index (χ2v) is 7.10. The Hall–Kier alpha value is -1.87. The maximum absolute atomic E-state index is 12.1. The molecule has 0 saturated heterocycles. The topological polar surface area (TPSA) is 94.3 Å². The molecule has 124 valence electrons. The van der Waals surface area contributed by atoms with E-state index in [1.54, 1.807) is 32.2 Å². The van der Waals surface area contributed by atoms with Gasteiger partial charge in [-0.25, -0.2) is 4.98 Å². The van der Waals surface area contributed by atoms with E-state index >= 15 is 0 Å². The predicted octanol–water partition coefficient (Wildman–Crippen LogP) is 2.66. The zero-order valence-corrected chi connectivity index (χ0v) is 14.6. The number of anilines is 1. The molecule has 2 rings (SSSR count). The molecule has 0 aliphatic heterocycles. The molecule has 1 amide bonds. The number of ether oxygens (including phenoxy) is 1. The SMILES string of the molecule is CCOC(=O)Cc1csc(S[C@H](C)C(=O)Nc2cc(C)on2)n1. The fourth-order valence-electron chi connectivity index (χ4n) is 1.64. The summed E-state index contributed by atoms with van der Waals surface area (Å²) in [5.74, 6) is 0.526. The average Bonchev–Trinajstić information content (AvgIpc) is 3.08. The van der Waals surface area contributed by atoms with Crippen molar-refractivity contribution in [2.45, 2.75) is 36.8 Å². The number of amides is 1. The molecule has 23 heavy (non-hydrogen) atoms. The van der Waals surface area contributed by atoms with Gasteiger partial charge in [0.15, 0.2) is 10.2 Å². The Morgan fingerprint density at radius 2 is 2.30 bits per heavy atom. The predicted molar refractivity (Wildman–Crippen MR) is 87.6 cm³/mol. The Morgan fingerprint density at radius 1 is 1.52 bits per heavy atom. The van der Waals surface area contributed by atoms with Crippen LogP contribution in [-0.2, 0) is 20.7 Å². The van der Waals surface area contributed by atoms with Crippen molar-refractivity contribution in [2.75, 3.05) is 11.9 Å². The summed E-state index contributed by atoms with van der Waals surface area (Å²) in [5, 5.41) is 7.84. The van der Waals surface area contributed by atoms with E-state index in [0.717, 1.165) is 4.34 Å². The summed E-state index contributed by atoms with van der Waals surface area (Å²) in [6.45, 7) is 5.64. The number of nitrogens with one attached hydrogen (secondary N) is 1. The maximum Gasteiger partial charge on any atom is 0.311 e. The van der Waals surface area contributed by atoms with Crippen LogP contribution in [0, 0.1) is 6.92 Å². The number of carbonyl (C=O) groups excluding carboxylic acids is 2. The highest BCUT2D eigenvalue weighted by Crippen LogP contribution is 2.27. The first-order valence-electron chi connectivity index (χ1n) is 6.98. The maximum atomic E-state index is 12.1. The van der Waals surface area contributed by atoms with Crippen LogP contribution in [0.4, 0.5) is 5.82 Å². The fraction of sp³-hybridized carbons (Fsp3) is 0.429. The summed E-state index contributed by atoms with van der Waals surface area (Å²) in [5.41, 5.74) is 0.649. The molecule has 2 aromatic heterocycles. The number of hydrogen-bond donors (Lipinski definition) is 1. The van der Waals surface area contributed by atoms with Crippen molar-refractivity contribution >= 4 is 40.8 Å². The second kappa shape index (κ2) is 8.11. The summed E-state index contributed by atoms with van der Waals surface area (Å²) in [6.07, 6.45) is 0.143. The second-order valence-electron chi connectivity index (χ2n) is 4.66. The fourth-order valence-corrected chi connectivity index (χ4v) is 3.62. The van der Waals surface area contributed by atoms with Gasteiger partial charge in [-0.05, 0) is 20.8 Å². The quantitative estimate of drug-likeness (QED) is 0.602. The van der Waals surface area contributed by atoms with Crippen LogP contribution >= 0.6 is 23.1 Å². The molecular weight excluding hydrogens is 338 g/mol. The third kappa shape index (κ3) is 5.36. The molecule has 0 aliphatic carbocycles. The first-order chi connectivity index (χ1) is 11.0. The molecule has 1 atom stereocenters. The molecule has 7 nitrogen and oxygen atoms in total. The van der Waals surface area contributed by atoms with E-state index < -0.39 is 0 Å².